The standard InChI is InChI=1S/C15H17ClN2O/c1-2-3-11-4-6-13(7-5-11)19-15-8-12(9-17)14(16)10-18-15/h4-8,10H,2-3,9,17H2,1H3. The van der Waals surface area contributed by atoms with Gasteiger partial charge in [0.15, 0.2) is 0 Å². The van der Waals surface area contributed by atoms with Gasteiger partial charge in [-0.25, -0.2) is 4.98 Å². The molecule has 4 heteroatoms. The summed E-state index contributed by atoms with van der Waals surface area (Å²) < 4.78 is 5.68. The zero-order chi connectivity index (χ0) is 13.7. The molecule has 2 aromatic rings. The lowest BCUT2D eigenvalue weighted by Crippen LogP contribution is -1.99. The smallest absolute Gasteiger partial charge is 0.219 e. The van der Waals surface area contributed by atoms with Gasteiger partial charge in [-0.15, -0.1) is 0 Å². The van der Waals surface area contributed by atoms with Crippen LogP contribution in [0.1, 0.15) is 24.5 Å². The normalized spacial score (nSPS) is 10.5. The molecule has 0 saturated carbocycles. The molecule has 2 rings (SSSR count). The molecule has 1 aromatic carbocycles. The maximum atomic E-state index is 5.96. The molecule has 0 aliphatic carbocycles. The molecule has 0 aliphatic rings. The summed E-state index contributed by atoms with van der Waals surface area (Å²) in [5, 5.41) is 0.563. The second-order valence-corrected chi connectivity index (χ2v) is 4.72. The number of hydrogen-bond acceptors (Lipinski definition) is 3. The van der Waals surface area contributed by atoms with Gasteiger partial charge in [-0.3, -0.25) is 0 Å². The number of nitrogens with zero attached hydrogens (tertiary/aromatic N) is 1. The summed E-state index contributed by atoms with van der Waals surface area (Å²) in [6, 6.07) is 9.80. The molecule has 0 fully saturated rings. The van der Waals surface area contributed by atoms with E-state index in [1.165, 1.54) is 5.56 Å². The average Bonchev–Trinajstić information content (AvgIpc) is 2.43. The van der Waals surface area contributed by atoms with Gasteiger partial charge in [-0.1, -0.05) is 37.1 Å². The number of aromatic nitrogens is 1. The first-order chi connectivity index (χ1) is 9.22. The Morgan fingerprint density at radius 1 is 1.26 bits per heavy atom. The van der Waals surface area contributed by atoms with Crippen molar-refractivity contribution in [2.45, 2.75) is 26.3 Å². The van der Waals surface area contributed by atoms with Crippen molar-refractivity contribution in [2.75, 3.05) is 0 Å². The first-order valence-corrected chi connectivity index (χ1v) is 6.72. The van der Waals surface area contributed by atoms with Crippen molar-refractivity contribution in [1.29, 1.82) is 0 Å². The quantitative estimate of drug-likeness (QED) is 0.900. The van der Waals surface area contributed by atoms with Gasteiger partial charge in [0.1, 0.15) is 5.75 Å². The van der Waals surface area contributed by atoms with Gasteiger partial charge in [0.2, 0.25) is 5.88 Å². The minimum atomic E-state index is 0.368. The summed E-state index contributed by atoms with van der Waals surface area (Å²) in [6.07, 6.45) is 3.78. The van der Waals surface area contributed by atoms with Gasteiger partial charge in [-0.05, 0) is 29.7 Å². The number of rotatable bonds is 5. The molecule has 0 amide bonds. The van der Waals surface area contributed by atoms with Gasteiger partial charge >= 0.3 is 0 Å². The molecule has 2 N–H and O–H groups in total. The minimum Gasteiger partial charge on any atom is -0.439 e. The highest BCUT2D eigenvalue weighted by Gasteiger charge is 2.04. The molecule has 1 aromatic heterocycles. The van der Waals surface area contributed by atoms with Crippen LogP contribution in [0.15, 0.2) is 36.5 Å². The molecule has 0 bridgehead atoms. The summed E-state index contributed by atoms with van der Waals surface area (Å²) in [5.74, 6) is 1.27. The van der Waals surface area contributed by atoms with Gasteiger partial charge in [-0.2, -0.15) is 0 Å². The molecule has 0 spiro atoms. The van der Waals surface area contributed by atoms with Crippen LogP contribution in [-0.2, 0) is 13.0 Å². The second kappa shape index (κ2) is 6.55. The van der Waals surface area contributed by atoms with Crippen molar-refractivity contribution in [3.8, 4) is 11.6 Å². The summed E-state index contributed by atoms with van der Waals surface area (Å²) >= 11 is 5.96. The lowest BCUT2D eigenvalue weighted by atomic mass is 10.1. The molecular formula is C15H17ClN2O. The van der Waals surface area contributed by atoms with Crippen molar-refractivity contribution >= 4 is 11.6 Å². The maximum Gasteiger partial charge on any atom is 0.219 e. The topological polar surface area (TPSA) is 48.1 Å². The Morgan fingerprint density at radius 3 is 2.63 bits per heavy atom. The predicted molar refractivity (Wildman–Crippen MR) is 77.6 cm³/mol. The van der Waals surface area contributed by atoms with Crippen LogP contribution < -0.4 is 10.5 Å². The van der Waals surface area contributed by atoms with Gasteiger partial charge < -0.3 is 10.5 Å². The number of ether oxygens (including phenoxy) is 1. The molecule has 3 nitrogen and oxygen atoms in total. The van der Waals surface area contributed by atoms with Gasteiger partial charge in [0, 0.05) is 18.8 Å². The molecule has 100 valence electrons. The van der Waals surface area contributed by atoms with Crippen LogP contribution in [0.25, 0.3) is 0 Å². The van der Waals surface area contributed by atoms with Crippen LogP contribution in [0.4, 0.5) is 0 Å². The van der Waals surface area contributed by atoms with E-state index in [0.717, 1.165) is 24.2 Å². The van der Waals surface area contributed by atoms with Crippen molar-refractivity contribution < 1.29 is 4.74 Å². The van der Waals surface area contributed by atoms with Crippen LogP contribution in [0.5, 0.6) is 11.6 Å². The third-order valence-corrected chi connectivity index (χ3v) is 3.15. The molecule has 1 heterocycles. The van der Waals surface area contributed by atoms with E-state index >= 15 is 0 Å². The zero-order valence-electron chi connectivity index (χ0n) is 10.9. The van der Waals surface area contributed by atoms with Crippen molar-refractivity contribution in [1.82, 2.24) is 4.98 Å². The van der Waals surface area contributed by atoms with E-state index < -0.39 is 0 Å². The lowest BCUT2D eigenvalue weighted by molar-refractivity contribution is 0.462. The van der Waals surface area contributed by atoms with E-state index in [1.807, 2.05) is 12.1 Å². The summed E-state index contributed by atoms with van der Waals surface area (Å²) in [4.78, 5) is 4.13. The Kier molecular flexibility index (Phi) is 4.77. The third kappa shape index (κ3) is 3.69. The fraction of sp³-hybridized carbons (Fsp3) is 0.267. The van der Waals surface area contributed by atoms with Gasteiger partial charge in [0.05, 0.1) is 5.02 Å². The zero-order valence-corrected chi connectivity index (χ0v) is 11.7. The monoisotopic (exact) mass is 276 g/mol. The number of aryl methyl sites for hydroxylation is 1. The van der Waals surface area contributed by atoms with Crippen molar-refractivity contribution in [2.24, 2.45) is 5.73 Å². The Balaban J connectivity index is 2.12. The Labute approximate surface area is 118 Å². The first kappa shape index (κ1) is 13.8. The molecule has 0 unspecified atom stereocenters. The number of halogens is 1. The molecular weight excluding hydrogens is 260 g/mol. The largest absolute Gasteiger partial charge is 0.439 e. The number of hydrogen-bond donors (Lipinski definition) is 1. The van der Waals surface area contributed by atoms with Gasteiger partial charge in [0.25, 0.3) is 0 Å². The van der Waals surface area contributed by atoms with E-state index in [0.29, 0.717) is 17.4 Å². The molecule has 0 aliphatic heterocycles. The fourth-order valence-corrected chi connectivity index (χ4v) is 1.98. The fourth-order valence-electron chi connectivity index (χ4n) is 1.80. The summed E-state index contributed by atoms with van der Waals surface area (Å²) in [5.41, 5.74) is 7.73. The van der Waals surface area contributed by atoms with Crippen LogP contribution in [-0.4, -0.2) is 4.98 Å². The highest BCUT2D eigenvalue weighted by Crippen LogP contribution is 2.24. The highest BCUT2D eigenvalue weighted by molar-refractivity contribution is 6.31. The van der Waals surface area contributed by atoms with E-state index in [1.54, 1.807) is 12.3 Å². The number of pyridine rings is 1. The summed E-state index contributed by atoms with van der Waals surface area (Å²) in [7, 11) is 0. The van der Waals surface area contributed by atoms with Crippen molar-refractivity contribution in [3.63, 3.8) is 0 Å². The van der Waals surface area contributed by atoms with E-state index in [9.17, 15) is 0 Å². The van der Waals surface area contributed by atoms with Crippen LogP contribution in [0.2, 0.25) is 5.02 Å². The average molecular weight is 277 g/mol. The maximum absolute atomic E-state index is 5.96. The summed E-state index contributed by atoms with van der Waals surface area (Å²) in [6.45, 7) is 2.53. The van der Waals surface area contributed by atoms with Crippen LogP contribution in [0, 0.1) is 0 Å². The van der Waals surface area contributed by atoms with E-state index in [2.05, 4.69) is 24.0 Å². The van der Waals surface area contributed by atoms with Crippen molar-refractivity contribution in [3.05, 3.63) is 52.7 Å². The van der Waals surface area contributed by atoms with Crippen LogP contribution in [0.3, 0.4) is 0 Å². The number of benzene rings is 1. The van der Waals surface area contributed by atoms with E-state index in [-0.39, 0.29) is 0 Å². The second-order valence-electron chi connectivity index (χ2n) is 4.31. The lowest BCUT2D eigenvalue weighted by Gasteiger charge is -2.07. The predicted octanol–water partition coefficient (Wildman–Crippen LogP) is 3.94. The molecule has 0 saturated heterocycles. The highest BCUT2D eigenvalue weighted by atomic mass is 35.5. The third-order valence-electron chi connectivity index (χ3n) is 2.81. The first-order valence-electron chi connectivity index (χ1n) is 6.34. The Morgan fingerprint density at radius 2 is 2.00 bits per heavy atom. The van der Waals surface area contributed by atoms with Crippen LogP contribution >= 0.6 is 11.6 Å². The Hall–Kier alpha value is -1.58. The minimum absolute atomic E-state index is 0.368. The number of nitrogens with two attached hydrogens (primary N) is 1. The van der Waals surface area contributed by atoms with E-state index in [4.69, 9.17) is 22.1 Å². The molecule has 19 heavy (non-hydrogen) atoms. The SMILES string of the molecule is CCCc1ccc(Oc2cc(CN)c(Cl)cn2)cc1. The Bertz CT molecular complexity index is 540. The molecule has 0 atom stereocenters. The molecule has 0 radical (unpaired) electrons.